The fourth-order valence-electron chi connectivity index (χ4n) is 2.10. The smallest absolute Gasteiger partial charge is 0.251 e. The van der Waals surface area contributed by atoms with Crippen molar-refractivity contribution in [1.82, 2.24) is 5.32 Å². The summed E-state index contributed by atoms with van der Waals surface area (Å²) in [5, 5.41) is 58.6. The van der Waals surface area contributed by atoms with Crippen molar-refractivity contribution in [2.75, 3.05) is 13.2 Å². The third kappa shape index (κ3) is 8.59. The lowest BCUT2D eigenvalue weighted by atomic mass is 9.99. The van der Waals surface area contributed by atoms with Gasteiger partial charge in [-0.3, -0.25) is 4.79 Å². The Morgan fingerprint density at radius 1 is 0.870 bits per heavy atom. The Labute approximate surface area is 136 Å². The standard InChI is InChI=1S/C15H31NO7/c1-2-3-4-5-6-7-8-16-15(23)14(22)13(21)12(20)11(19)10(18)9-17/h10-14,17-22H,2-9H2,1H3,(H,16,23)/t10-,11+,12-,13-,14-/m1/s1. The fourth-order valence-corrected chi connectivity index (χ4v) is 2.10. The van der Waals surface area contributed by atoms with E-state index in [-0.39, 0.29) is 0 Å². The zero-order valence-electron chi connectivity index (χ0n) is 13.6. The SMILES string of the molecule is CCCCCCCCNC(=O)[C@H](O)[C@H](O)[C@H](O)[C@@H](O)[C@H](O)CO. The first kappa shape index (κ1) is 22.2. The maximum Gasteiger partial charge on any atom is 0.251 e. The molecule has 0 aliphatic carbocycles. The molecular formula is C15H31NO7. The highest BCUT2D eigenvalue weighted by atomic mass is 16.4. The van der Waals surface area contributed by atoms with E-state index in [1.165, 1.54) is 6.42 Å². The molecule has 0 aliphatic heterocycles. The third-order valence-electron chi connectivity index (χ3n) is 3.70. The lowest BCUT2D eigenvalue weighted by Gasteiger charge is -2.27. The van der Waals surface area contributed by atoms with E-state index in [0.717, 1.165) is 32.1 Å². The summed E-state index contributed by atoms with van der Waals surface area (Å²) < 4.78 is 0. The van der Waals surface area contributed by atoms with E-state index in [9.17, 15) is 30.3 Å². The number of unbranched alkanes of at least 4 members (excludes halogenated alkanes) is 5. The molecule has 0 rings (SSSR count). The van der Waals surface area contributed by atoms with Crippen molar-refractivity contribution < 1.29 is 35.4 Å². The van der Waals surface area contributed by atoms with Gasteiger partial charge >= 0.3 is 0 Å². The largest absolute Gasteiger partial charge is 0.394 e. The van der Waals surface area contributed by atoms with Gasteiger partial charge in [0.05, 0.1) is 6.61 Å². The Morgan fingerprint density at radius 2 is 1.43 bits per heavy atom. The number of nitrogens with one attached hydrogen (secondary N) is 1. The lowest BCUT2D eigenvalue weighted by Crippen LogP contribution is -2.54. The molecule has 138 valence electrons. The van der Waals surface area contributed by atoms with Crippen LogP contribution < -0.4 is 5.32 Å². The summed E-state index contributed by atoms with van der Waals surface area (Å²) in [5.74, 6) is -0.865. The first-order valence-electron chi connectivity index (χ1n) is 8.15. The molecule has 0 radical (unpaired) electrons. The second-order valence-electron chi connectivity index (χ2n) is 5.73. The molecule has 1 amide bonds. The molecule has 8 nitrogen and oxygen atoms in total. The number of rotatable bonds is 13. The van der Waals surface area contributed by atoms with Crippen LogP contribution in [0.4, 0.5) is 0 Å². The molecule has 5 atom stereocenters. The summed E-state index contributed by atoms with van der Waals surface area (Å²) in [7, 11) is 0. The van der Waals surface area contributed by atoms with Crippen LogP contribution >= 0.6 is 0 Å². The quantitative estimate of drug-likeness (QED) is 0.197. The Morgan fingerprint density at radius 3 is 2.00 bits per heavy atom. The van der Waals surface area contributed by atoms with Crippen LogP contribution in [0.3, 0.4) is 0 Å². The summed E-state index contributed by atoms with van der Waals surface area (Å²) in [6, 6.07) is 0. The predicted molar refractivity (Wildman–Crippen MR) is 83.5 cm³/mol. The molecule has 0 aromatic carbocycles. The summed E-state index contributed by atoms with van der Waals surface area (Å²) in [6.45, 7) is 1.63. The molecule has 0 spiro atoms. The zero-order chi connectivity index (χ0) is 17.8. The van der Waals surface area contributed by atoms with Gasteiger partial charge in [0, 0.05) is 6.54 Å². The second kappa shape index (κ2) is 12.6. The Bertz CT molecular complexity index is 316. The minimum atomic E-state index is -1.98. The van der Waals surface area contributed by atoms with Crippen molar-refractivity contribution in [2.45, 2.75) is 76.0 Å². The third-order valence-corrected chi connectivity index (χ3v) is 3.70. The maximum absolute atomic E-state index is 11.7. The Hall–Kier alpha value is -0.770. The first-order valence-corrected chi connectivity index (χ1v) is 8.15. The molecule has 0 aliphatic rings. The first-order chi connectivity index (χ1) is 10.9. The van der Waals surface area contributed by atoms with Crippen molar-refractivity contribution in [3.05, 3.63) is 0 Å². The van der Waals surface area contributed by atoms with Gasteiger partial charge in [0.2, 0.25) is 0 Å². The number of carbonyl (C=O) groups is 1. The molecule has 0 saturated carbocycles. The monoisotopic (exact) mass is 337 g/mol. The van der Waals surface area contributed by atoms with Gasteiger partial charge in [-0.05, 0) is 6.42 Å². The maximum atomic E-state index is 11.7. The van der Waals surface area contributed by atoms with Crippen LogP contribution in [-0.2, 0) is 4.79 Å². The average molecular weight is 337 g/mol. The molecule has 0 aromatic rings. The number of aliphatic hydroxyl groups is 6. The molecule has 0 saturated heterocycles. The average Bonchev–Trinajstić information content (AvgIpc) is 2.57. The van der Waals surface area contributed by atoms with Gasteiger partial charge < -0.3 is 36.0 Å². The summed E-state index contributed by atoms with van der Waals surface area (Å²) in [5.41, 5.74) is 0. The Balaban J connectivity index is 4.07. The van der Waals surface area contributed by atoms with E-state index in [0.29, 0.717) is 6.54 Å². The van der Waals surface area contributed by atoms with Crippen LogP contribution in [0.2, 0.25) is 0 Å². The predicted octanol–water partition coefficient (Wildman–Crippen LogP) is -1.74. The van der Waals surface area contributed by atoms with Gasteiger partial charge in [-0.1, -0.05) is 39.0 Å². The number of hydrogen-bond acceptors (Lipinski definition) is 7. The summed E-state index contributed by atoms with van der Waals surface area (Å²) in [6.07, 6.45) is -3.21. The van der Waals surface area contributed by atoms with Gasteiger partial charge in [0.25, 0.3) is 5.91 Å². The van der Waals surface area contributed by atoms with E-state index < -0.39 is 43.0 Å². The summed E-state index contributed by atoms with van der Waals surface area (Å²) >= 11 is 0. The number of hydrogen-bond donors (Lipinski definition) is 7. The van der Waals surface area contributed by atoms with E-state index in [4.69, 9.17) is 5.11 Å². The van der Waals surface area contributed by atoms with Crippen molar-refractivity contribution in [1.29, 1.82) is 0 Å². The van der Waals surface area contributed by atoms with Crippen molar-refractivity contribution in [3.8, 4) is 0 Å². The van der Waals surface area contributed by atoms with E-state index in [1.807, 2.05) is 0 Å². The van der Waals surface area contributed by atoms with Crippen molar-refractivity contribution >= 4 is 5.91 Å². The number of aliphatic hydroxyl groups excluding tert-OH is 6. The highest BCUT2D eigenvalue weighted by Crippen LogP contribution is 2.09. The lowest BCUT2D eigenvalue weighted by molar-refractivity contribution is -0.156. The van der Waals surface area contributed by atoms with Crippen LogP contribution in [-0.4, -0.2) is 80.2 Å². The van der Waals surface area contributed by atoms with Crippen LogP contribution in [0, 0.1) is 0 Å². The minimum absolute atomic E-state index is 0.340. The van der Waals surface area contributed by atoms with Crippen molar-refractivity contribution in [3.63, 3.8) is 0 Å². The molecule has 0 aromatic heterocycles. The molecule has 0 bridgehead atoms. The van der Waals surface area contributed by atoms with Crippen LogP contribution in [0.15, 0.2) is 0 Å². The number of carbonyl (C=O) groups excluding carboxylic acids is 1. The van der Waals surface area contributed by atoms with E-state index >= 15 is 0 Å². The number of amides is 1. The molecule has 0 heterocycles. The van der Waals surface area contributed by atoms with E-state index in [1.54, 1.807) is 0 Å². The Kier molecular flexibility index (Phi) is 12.2. The molecule has 0 unspecified atom stereocenters. The van der Waals surface area contributed by atoms with E-state index in [2.05, 4.69) is 12.2 Å². The summed E-state index contributed by atoms with van der Waals surface area (Å²) in [4.78, 5) is 11.7. The molecule has 8 heteroatoms. The topological polar surface area (TPSA) is 150 Å². The van der Waals surface area contributed by atoms with Crippen molar-refractivity contribution in [2.24, 2.45) is 0 Å². The fraction of sp³-hybridized carbons (Fsp3) is 0.933. The van der Waals surface area contributed by atoms with Gasteiger partial charge in [0.1, 0.15) is 24.4 Å². The highest BCUT2D eigenvalue weighted by Gasteiger charge is 2.36. The molecule has 23 heavy (non-hydrogen) atoms. The zero-order valence-corrected chi connectivity index (χ0v) is 13.6. The highest BCUT2D eigenvalue weighted by molar-refractivity contribution is 5.81. The molecular weight excluding hydrogens is 306 g/mol. The van der Waals surface area contributed by atoms with Crippen LogP contribution in [0.25, 0.3) is 0 Å². The molecule has 0 fully saturated rings. The minimum Gasteiger partial charge on any atom is -0.394 e. The van der Waals surface area contributed by atoms with Crippen LogP contribution in [0.1, 0.15) is 45.4 Å². The van der Waals surface area contributed by atoms with Gasteiger partial charge in [-0.25, -0.2) is 0 Å². The van der Waals surface area contributed by atoms with Gasteiger partial charge in [-0.15, -0.1) is 0 Å². The van der Waals surface area contributed by atoms with Crippen LogP contribution in [0.5, 0.6) is 0 Å². The second-order valence-corrected chi connectivity index (χ2v) is 5.73. The van der Waals surface area contributed by atoms with Gasteiger partial charge in [-0.2, -0.15) is 0 Å². The molecule has 7 N–H and O–H groups in total. The van der Waals surface area contributed by atoms with Gasteiger partial charge in [0.15, 0.2) is 6.10 Å². The normalized spacial score (nSPS) is 18.0.